The SMILES string of the molecule is O=[N+]([O-])c1cn(CC(O)c2cc(F)ccc2F)cn1. The molecular weight excluding hydrogens is 260 g/mol. The van der Waals surface area contributed by atoms with Gasteiger partial charge >= 0.3 is 5.82 Å². The zero-order chi connectivity index (χ0) is 14.0. The van der Waals surface area contributed by atoms with E-state index < -0.39 is 22.7 Å². The van der Waals surface area contributed by atoms with Crippen LogP contribution in [-0.2, 0) is 6.54 Å². The molecule has 2 rings (SSSR count). The molecule has 0 fully saturated rings. The minimum absolute atomic E-state index is 0.165. The molecule has 6 nitrogen and oxygen atoms in total. The number of hydrogen-bond acceptors (Lipinski definition) is 4. The van der Waals surface area contributed by atoms with Gasteiger partial charge in [-0.25, -0.2) is 8.78 Å². The molecule has 0 aliphatic rings. The van der Waals surface area contributed by atoms with Crippen molar-refractivity contribution >= 4 is 5.82 Å². The molecule has 0 bridgehead atoms. The maximum Gasteiger partial charge on any atom is 0.381 e. The molecule has 0 aliphatic heterocycles. The predicted octanol–water partition coefficient (Wildman–Crippen LogP) is 1.80. The molecule has 1 aromatic heterocycles. The summed E-state index contributed by atoms with van der Waals surface area (Å²) in [5.41, 5.74) is -0.212. The van der Waals surface area contributed by atoms with Crippen molar-refractivity contribution in [1.29, 1.82) is 0 Å². The van der Waals surface area contributed by atoms with Gasteiger partial charge in [0.05, 0.1) is 12.6 Å². The summed E-state index contributed by atoms with van der Waals surface area (Å²) in [4.78, 5) is 13.2. The standard InChI is InChI=1S/C11H9F2N3O3/c12-7-1-2-9(13)8(3-7)10(17)4-15-5-11(14-6-15)16(18)19/h1-3,5-6,10,17H,4H2. The lowest BCUT2D eigenvalue weighted by Gasteiger charge is -2.11. The van der Waals surface area contributed by atoms with E-state index in [2.05, 4.69) is 4.98 Å². The van der Waals surface area contributed by atoms with E-state index >= 15 is 0 Å². The molecular formula is C11H9F2N3O3. The first-order chi connectivity index (χ1) is 8.97. The minimum atomic E-state index is -1.33. The molecule has 1 N–H and O–H groups in total. The maximum absolute atomic E-state index is 13.4. The van der Waals surface area contributed by atoms with E-state index in [0.717, 1.165) is 30.7 Å². The number of nitro groups is 1. The van der Waals surface area contributed by atoms with E-state index in [4.69, 9.17) is 0 Å². The molecule has 1 unspecified atom stereocenters. The Morgan fingerprint density at radius 2 is 2.21 bits per heavy atom. The van der Waals surface area contributed by atoms with Gasteiger partial charge in [-0.2, -0.15) is 0 Å². The molecule has 0 aliphatic carbocycles. The fourth-order valence-corrected chi connectivity index (χ4v) is 1.61. The molecule has 0 amide bonds. The van der Waals surface area contributed by atoms with Crippen molar-refractivity contribution in [1.82, 2.24) is 9.55 Å². The first-order valence-corrected chi connectivity index (χ1v) is 5.26. The fourth-order valence-electron chi connectivity index (χ4n) is 1.61. The number of halogens is 2. The van der Waals surface area contributed by atoms with Crippen LogP contribution in [-0.4, -0.2) is 19.6 Å². The molecule has 1 heterocycles. The molecule has 2 aromatic rings. The third kappa shape index (κ3) is 2.91. The van der Waals surface area contributed by atoms with Gasteiger partial charge in [0.25, 0.3) is 0 Å². The molecule has 0 saturated heterocycles. The zero-order valence-corrected chi connectivity index (χ0v) is 9.53. The highest BCUT2D eigenvalue weighted by molar-refractivity contribution is 5.21. The van der Waals surface area contributed by atoms with Crippen molar-refractivity contribution in [2.75, 3.05) is 0 Å². The van der Waals surface area contributed by atoms with Crippen LogP contribution in [0.1, 0.15) is 11.7 Å². The Hall–Kier alpha value is -2.35. The summed E-state index contributed by atoms with van der Waals surface area (Å²) in [5.74, 6) is -1.80. The molecule has 1 aromatic carbocycles. The average molecular weight is 269 g/mol. The summed E-state index contributed by atoms with van der Waals surface area (Å²) in [5, 5.41) is 20.2. The van der Waals surface area contributed by atoms with Crippen LogP contribution in [0.25, 0.3) is 0 Å². The largest absolute Gasteiger partial charge is 0.386 e. The lowest BCUT2D eigenvalue weighted by Crippen LogP contribution is -2.09. The van der Waals surface area contributed by atoms with Gasteiger partial charge in [0, 0.05) is 5.56 Å². The number of aliphatic hydroxyl groups is 1. The van der Waals surface area contributed by atoms with E-state index in [1.807, 2.05) is 0 Å². The molecule has 100 valence electrons. The molecule has 8 heteroatoms. The van der Waals surface area contributed by atoms with Crippen molar-refractivity contribution < 1.29 is 18.8 Å². The van der Waals surface area contributed by atoms with Gasteiger partial charge in [-0.15, -0.1) is 0 Å². The van der Waals surface area contributed by atoms with Crippen LogP contribution in [0, 0.1) is 21.7 Å². The van der Waals surface area contributed by atoms with Crippen molar-refractivity contribution in [2.45, 2.75) is 12.6 Å². The molecule has 0 radical (unpaired) electrons. The van der Waals surface area contributed by atoms with Gasteiger partial charge in [0.2, 0.25) is 6.33 Å². The van der Waals surface area contributed by atoms with E-state index in [1.54, 1.807) is 0 Å². The smallest absolute Gasteiger partial charge is 0.381 e. The Kier molecular flexibility index (Phi) is 3.52. The number of aromatic nitrogens is 2. The Morgan fingerprint density at radius 3 is 2.84 bits per heavy atom. The third-order valence-corrected chi connectivity index (χ3v) is 2.51. The summed E-state index contributed by atoms with van der Waals surface area (Å²) in [6.45, 7) is -0.165. The number of benzene rings is 1. The van der Waals surface area contributed by atoms with Crippen molar-refractivity contribution in [3.05, 3.63) is 58.0 Å². The van der Waals surface area contributed by atoms with E-state index in [1.165, 1.54) is 4.57 Å². The predicted molar refractivity (Wildman–Crippen MR) is 60.2 cm³/mol. The van der Waals surface area contributed by atoms with Crippen molar-refractivity contribution in [3.63, 3.8) is 0 Å². The molecule has 0 saturated carbocycles. The van der Waals surface area contributed by atoms with E-state index in [-0.39, 0.29) is 17.9 Å². The number of rotatable bonds is 4. The fraction of sp³-hybridized carbons (Fsp3) is 0.182. The Morgan fingerprint density at radius 1 is 1.47 bits per heavy atom. The minimum Gasteiger partial charge on any atom is -0.386 e. The maximum atomic E-state index is 13.4. The molecule has 0 spiro atoms. The van der Waals surface area contributed by atoms with Crippen LogP contribution < -0.4 is 0 Å². The molecule has 1 atom stereocenters. The topological polar surface area (TPSA) is 81.2 Å². The van der Waals surface area contributed by atoms with E-state index in [9.17, 15) is 24.0 Å². The normalized spacial score (nSPS) is 12.4. The number of aliphatic hydroxyl groups excluding tert-OH is 1. The van der Waals surface area contributed by atoms with Gasteiger partial charge in [-0.1, -0.05) is 0 Å². The molecule has 19 heavy (non-hydrogen) atoms. The second-order valence-electron chi connectivity index (χ2n) is 3.87. The lowest BCUT2D eigenvalue weighted by molar-refractivity contribution is -0.389. The average Bonchev–Trinajstić information content (AvgIpc) is 2.80. The van der Waals surface area contributed by atoms with Crippen LogP contribution in [0.2, 0.25) is 0 Å². The van der Waals surface area contributed by atoms with Gasteiger partial charge in [0.1, 0.15) is 17.8 Å². The first kappa shape index (κ1) is 13.1. The highest BCUT2D eigenvalue weighted by Gasteiger charge is 2.17. The van der Waals surface area contributed by atoms with E-state index in [0.29, 0.717) is 0 Å². The monoisotopic (exact) mass is 269 g/mol. The van der Waals surface area contributed by atoms with Crippen LogP contribution in [0.15, 0.2) is 30.7 Å². The zero-order valence-electron chi connectivity index (χ0n) is 9.53. The number of nitrogens with zero attached hydrogens (tertiary/aromatic N) is 3. The summed E-state index contributed by atoms with van der Waals surface area (Å²) in [6.07, 6.45) is 0.906. The van der Waals surface area contributed by atoms with Crippen LogP contribution in [0.3, 0.4) is 0 Å². The Bertz CT molecular complexity index is 615. The number of imidazole rings is 1. The lowest BCUT2D eigenvalue weighted by atomic mass is 10.1. The summed E-state index contributed by atoms with van der Waals surface area (Å²) in [7, 11) is 0. The highest BCUT2D eigenvalue weighted by Crippen LogP contribution is 2.20. The Labute approximate surface area is 106 Å². The summed E-state index contributed by atoms with van der Waals surface area (Å²) in [6, 6.07) is 2.73. The Balaban J connectivity index is 2.17. The van der Waals surface area contributed by atoms with Crippen LogP contribution >= 0.6 is 0 Å². The van der Waals surface area contributed by atoms with Gasteiger partial charge < -0.3 is 19.8 Å². The van der Waals surface area contributed by atoms with Crippen molar-refractivity contribution in [3.8, 4) is 0 Å². The number of hydrogen-bond donors (Lipinski definition) is 1. The summed E-state index contributed by atoms with van der Waals surface area (Å²) < 4.78 is 27.6. The second kappa shape index (κ2) is 5.11. The quantitative estimate of drug-likeness (QED) is 0.677. The van der Waals surface area contributed by atoms with Crippen LogP contribution in [0.4, 0.5) is 14.6 Å². The van der Waals surface area contributed by atoms with Crippen molar-refractivity contribution in [2.24, 2.45) is 0 Å². The summed E-state index contributed by atoms with van der Waals surface area (Å²) >= 11 is 0. The van der Waals surface area contributed by atoms with Gasteiger partial charge in [-0.05, 0) is 28.1 Å². The van der Waals surface area contributed by atoms with Gasteiger partial charge in [0.15, 0.2) is 0 Å². The van der Waals surface area contributed by atoms with Crippen LogP contribution in [0.5, 0.6) is 0 Å². The highest BCUT2D eigenvalue weighted by atomic mass is 19.1. The third-order valence-electron chi connectivity index (χ3n) is 2.51. The second-order valence-corrected chi connectivity index (χ2v) is 3.87. The first-order valence-electron chi connectivity index (χ1n) is 5.26. The van der Waals surface area contributed by atoms with Gasteiger partial charge in [-0.3, -0.25) is 0 Å².